The van der Waals surface area contributed by atoms with Gasteiger partial charge in [0.15, 0.2) is 0 Å². The van der Waals surface area contributed by atoms with Crippen molar-refractivity contribution in [1.29, 1.82) is 0 Å². The molecule has 2 aliphatic rings. The van der Waals surface area contributed by atoms with Gasteiger partial charge in [-0.25, -0.2) is 0 Å². The zero-order valence-corrected chi connectivity index (χ0v) is 27.0. The van der Waals surface area contributed by atoms with Crippen molar-refractivity contribution in [3.05, 3.63) is 47.5 Å². The van der Waals surface area contributed by atoms with E-state index in [1.165, 1.54) is 12.1 Å². The Morgan fingerprint density at radius 2 is 1.81 bits per heavy atom. The van der Waals surface area contributed by atoms with Gasteiger partial charge in [0.05, 0.1) is 0 Å². The molecule has 13 heteroatoms. The molecule has 1 saturated heterocycles. The summed E-state index contributed by atoms with van der Waals surface area (Å²) < 4.78 is 25.1. The van der Waals surface area contributed by atoms with Crippen molar-refractivity contribution >= 4 is 47.4 Å². The van der Waals surface area contributed by atoms with Crippen molar-refractivity contribution in [3.63, 3.8) is 0 Å². The van der Waals surface area contributed by atoms with Crippen LogP contribution in [0.3, 0.4) is 0 Å². The molecule has 0 bridgehead atoms. The number of rotatable bonds is 12. The van der Waals surface area contributed by atoms with E-state index in [9.17, 15) is 19.2 Å². The first-order valence-electron chi connectivity index (χ1n) is 15.1. The Labute approximate surface area is 259 Å². The standard InChI is InChI=1S/C30H42FIN6O5/c1-3-27(39)35-25(28(40)34-22-13-16-43-17-14-22)19-20-10-11-24(23(31)18-20)36-30(42)32(21-8-6-5-7-9-21)37-29(41)26-12-15-33-38(26)4-2/h10-12,15,18,21-22,25H,3-9,13-14,16-17,19H2,1-2H3,(H,34,40)(H,35,39)(H,36,42)(H,37,41)/t25-/m1/s1. The van der Waals surface area contributed by atoms with Crippen LogP contribution in [0, 0.1) is 5.82 Å². The third-order valence-corrected chi connectivity index (χ3v) is 13.1. The van der Waals surface area contributed by atoms with Crippen molar-refractivity contribution in [2.24, 2.45) is 0 Å². The number of benzene rings is 1. The van der Waals surface area contributed by atoms with Crippen LogP contribution in [-0.4, -0.2) is 60.6 Å². The third kappa shape index (κ3) is 9.21. The smallest absolute Gasteiger partial charge is 0.381 e. The van der Waals surface area contributed by atoms with Crippen LogP contribution < -0.4 is 19.5 Å². The average molecular weight is 713 g/mol. The number of ether oxygens (including phenoxy) is 1. The van der Waals surface area contributed by atoms with Gasteiger partial charge in [0, 0.05) is 13.2 Å². The van der Waals surface area contributed by atoms with Gasteiger partial charge < -0.3 is 4.74 Å². The molecule has 1 aromatic heterocycles. The minimum atomic E-state index is -2.81. The Kier molecular flexibility index (Phi) is 12.3. The Balaban J connectivity index is 1.45. The van der Waals surface area contributed by atoms with Crippen molar-refractivity contribution in [2.75, 3.05) is 18.5 Å². The summed E-state index contributed by atoms with van der Waals surface area (Å²) in [5, 5.41) is 12.6. The number of anilines is 1. The predicted octanol–water partition coefficient (Wildman–Crippen LogP) is 4.49. The number of nitrogens with one attached hydrogen (secondary N) is 4. The normalized spacial score (nSPS) is 17.0. The molecular weight excluding hydrogens is 670 g/mol. The molecule has 4 N–H and O–H groups in total. The predicted molar refractivity (Wildman–Crippen MR) is 170 cm³/mol. The zero-order chi connectivity index (χ0) is 30.8. The van der Waals surface area contributed by atoms with E-state index in [4.69, 9.17) is 4.74 Å². The van der Waals surface area contributed by atoms with Gasteiger partial charge in [0.1, 0.15) is 0 Å². The van der Waals surface area contributed by atoms with Gasteiger partial charge in [-0.2, -0.15) is 0 Å². The molecule has 43 heavy (non-hydrogen) atoms. The molecule has 0 spiro atoms. The first-order chi connectivity index (χ1) is 20.8. The summed E-state index contributed by atoms with van der Waals surface area (Å²) in [6.07, 6.45) is 8.04. The summed E-state index contributed by atoms with van der Waals surface area (Å²) in [6.45, 7) is 5.24. The van der Waals surface area contributed by atoms with E-state index in [2.05, 4.69) is 24.6 Å². The molecule has 2 aromatic rings. The number of carbonyl (C=O) groups excluding carboxylic acids is 4. The zero-order valence-electron chi connectivity index (χ0n) is 24.8. The van der Waals surface area contributed by atoms with Gasteiger partial charge in [-0.1, -0.05) is 0 Å². The van der Waals surface area contributed by atoms with Crippen molar-refractivity contribution in [1.82, 2.24) is 23.9 Å². The molecule has 4 amide bonds. The average Bonchev–Trinajstić information content (AvgIpc) is 3.51. The van der Waals surface area contributed by atoms with E-state index in [1.807, 2.05) is 6.92 Å². The molecular formula is C30H42FIN6O5. The van der Waals surface area contributed by atoms with Gasteiger partial charge >= 0.3 is 242 Å². The van der Waals surface area contributed by atoms with Gasteiger partial charge in [-0.15, -0.1) is 0 Å². The molecule has 1 atom stereocenters. The fourth-order valence-electron chi connectivity index (χ4n) is 5.28. The van der Waals surface area contributed by atoms with Gasteiger partial charge in [0.25, 0.3) is 0 Å². The number of carbonyl (C=O) groups is 4. The van der Waals surface area contributed by atoms with Crippen LogP contribution in [0.5, 0.6) is 0 Å². The molecule has 1 aliphatic heterocycles. The fourth-order valence-corrected chi connectivity index (χ4v) is 10.3. The summed E-state index contributed by atoms with van der Waals surface area (Å²) in [5.41, 5.74) is 0.915. The second-order valence-electron chi connectivity index (χ2n) is 10.8. The number of amides is 4. The van der Waals surface area contributed by atoms with Crippen LogP contribution in [0.25, 0.3) is 0 Å². The third-order valence-electron chi connectivity index (χ3n) is 7.71. The number of halogens is 2. The summed E-state index contributed by atoms with van der Waals surface area (Å²) >= 11 is -2.81. The van der Waals surface area contributed by atoms with Crippen molar-refractivity contribution < 1.29 is 28.3 Å². The van der Waals surface area contributed by atoms with E-state index in [-0.39, 0.29) is 50.1 Å². The molecule has 1 aliphatic carbocycles. The molecule has 236 valence electrons. The van der Waals surface area contributed by atoms with Gasteiger partial charge in [-0.3, -0.25) is 0 Å². The second-order valence-corrected chi connectivity index (χ2v) is 15.9. The maximum absolute atomic E-state index is 15.4. The minimum absolute atomic E-state index is 0.0144. The molecule has 0 unspecified atom stereocenters. The van der Waals surface area contributed by atoms with Crippen molar-refractivity contribution in [2.45, 2.75) is 94.2 Å². The minimum Gasteiger partial charge on any atom is -0.381 e. The Hall–Kier alpha value is -3.07. The first-order valence-corrected chi connectivity index (χ1v) is 18.5. The molecule has 1 saturated carbocycles. The SMILES string of the molecule is CCC(=O)N[C@H](Cc1ccc(NC(=O)I(NC(=O)c2ccnn2CC)C2CCCCC2)c(F)c1)C(=O)NC1CCOCC1. The molecule has 2 heterocycles. The van der Waals surface area contributed by atoms with E-state index in [1.54, 1.807) is 29.9 Å². The van der Waals surface area contributed by atoms with E-state index < -0.39 is 32.0 Å². The number of alkyl halides is 1. The molecule has 0 radical (unpaired) electrons. The number of hydrogen-bond acceptors (Lipinski definition) is 6. The Bertz CT molecular complexity index is 1280. The molecule has 1 aromatic carbocycles. The van der Waals surface area contributed by atoms with Gasteiger partial charge in [-0.05, 0) is 0 Å². The first kappa shape index (κ1) is 32.8. The maximum atomic E-state index is 15.4. The van der Waals surface area contributed by atoms with Crippen molar-refractivity contribution in [3.8, 4) is 0 Å². The number of hydrogen-bond donors (Lipinski definition) is 4. The van der Waals surface area contributed by atoms with Crippen LogP contribution >= 0.6 is 20.1 Å². The van der Waals surface area contributed by atoms with Crippen LogP contribution in [0.15, 0.2) is 30.5 Å². The number of nitrogens with zero attached hydrogens (tertiary/aromatic N) is 2. The molecule has 2 fully saturated rings. The van der Waals surface area contributed by atoms with Crippen LogP contribution in [0.2, 0.25) is 0 Å². The van der Waals surface area contributed by atoms with Gasteiger partial charge in [0.2, 0.25) is 0 Å². The Morgan fingerprint density at radius 3 is 2.49 bits per heavy atom. The summed E-state index contributed by atoms with van der Waals surface area (Å²) in [6, 6.07) is 5.11. The summed E-state index contributed by atoms with van der Waals surface area (Å²) in [7, 11) is 0. The quantitative estimate of drug-likeness (QED) is 0.0840. The van der Waals surface area contributed by atoms with E-state index in [0.717, 1.165) is 32.1 Å². The fraction of sp³-hybridized carbons (Fsp3) is 0.567. The molecule has 4 rings (SSSR count). The summed E-state index contributed by atoms with van der Waals surface area (Å²) in [5.74, 6) is -1.58. The molecule has 11 nitrogen and oxygen atoms in total. The number of aromatic nitrogens is 2. The van der Waals surface area contributed by atoms with Crippen LogP contribution in [-0.2, 0) is 27.3 Å². The van der Waals surface area contributed by atoms with Crippen LogP contribution in [0.1, 0.15) is 81.3 Å². The topological polar surface area (TPSA) is 143 Å². The van der Waals surface area contributed by atoms with E-state index in [0.29, 0.717) is 43.9 Å². The number of aryl methyl sites for hydroxylation is 1. The monoisotopic (exact) mass is 712 g/mol. The van der Waals surface area contributed by atoms with Crippen LogP contribution in [0.4, 0.5) is 14.9 Å². The second kappa shape index (κ2) is 16.1. The Morgan fingerprint density at radius 1 is 1.07 bits per heavy atom. The van der Waals surface area contributed by atoms with E-state index >= 15 is 4.39 Å². The summed E-state index contributed by atoms with van der Waals surface area (Å²) in [4.78, 5) is 51.9.